The summed E-state index contributed by atoms with van der Waals surface area (Å²) in [6.45, 7) is 0. The lowest BCUT2D eigenvalue weighted by molar-refractivity contribution is -0.153. The van der Waals surface area contributed by atoms with E-state index < -0.39 is 63.9 Å². The minimum absolute atomic E-state index is 0.0435. The Morgan fingerprint density at radius 2 is 1.76 bits per heavy atom. The maximum atomic E-state index is 14.7. The van der Waals surface area contributed by atoms with Crippen LogP contribution in [-0.2, 0) is 20.8 Å². The molecule has 6 N–H and O–H groups in total. The molecule has 3 aliphatic rings. The molecule has 3 aliphatic carbocycles. The van der Waals surface area contributed by atoms with E-state index in [0.717, 1.165) is 0 Å². The molecule has 4 atom stereocenters. The van der Waals surface area contributed by atoms with Crippen LogP contribution in [-0.4, -0.2) is 68.5 Å². The van der Waals surface area contributed by atoms with E-state index in [4.69, 9.17) is 5.73 Å². The molecule has 0 radical (unpaired) electrons. The van der Waals surface area contributed by atoms with Crippen molar-refractivity contribution in [3.8, 4) is 16.9 Å². The number of aliphatic hydroxyl groups is 3. The number of hydrogen-bond donors (Lipinski definition) is 5. The van der Waals surface area contributed by atoms with Gasteiger partial charge in [0.05, 0.1) is 11.6 Å². The van der Waals surface area contributed by atoms with Crippen molar-refractivity contribution in [2.75, 3.05) is 14.1 Å². The molecular weight excluding hydrogens is 483 g/mol. The van der Waals surface area contributed by atoms with Crippen molar-refractivity contribution in [3.05, 3.63) is 70.2 Å². The van der Waals surface area contributed by atoms with Gasteiger partial charge in [0, 0.05) is 17.1 Å². The van der Waals surface area contributed by atoms with Crippen LogP contribution in [0, 0.1) is 17.7 Å². The Labute approximate surface area is 210 Å². The van der Waals surface area contributed by atoms with Crippen molar-refractivity contribution in [3.63, 3.8) is 0 Å². The van der Waals surface area contributed by atoms with Crippen LogP contribution in [0.1, 0.15) is 17.5 Å². The number of carbonyl (C=O) groups excluding carboxylic acids is 3. The number of ketones is 2. The monoisotopic (exact) mass is 508 g/mol. The Bertz CT molecular complexity index is 1460. The maximum Gasteiger partial charge on any atom is 0.255 e. The Morgan fingerprint density at radius 1 is 1.08 bits per heavy atom. The van der Waals surface area contributed by atoms with Gasteiger partial charge in [-0.3, -0.25) is 19.3 Å². The number of nitrogens with zero attached hydrogens (tertiary/aromatic N) is 1. The van der Waals surface area contributed by atoms with E-state index in [9.17, 15) is 39.2 Å². The standard InChI is InChI=1S/C27H25FN2O7/c1-30(2)21-15-10-11-9-14-12(13-5-3-4-6-16(13)28)7-8-17(31)19(14)22(32)18(11)24(34)27(15,37)25(35)20(23(21)33)26(29)36/h3-8,11,15,21,31-32,35,37H,9-10H2,1-2H3,(H2,29,36)/t11-,15-,21-,27-/m0/s1. The number of benzene rings is 2. The fourth-order valence-corrected chi connectivity index (χ4v) is 6.18. The molecule has 0 saturated heterocycles. The Morgan fingerprint density at radius 3 is 2.38 bits per heavy atom. The smallest absolute Gasteiger partial charge is 0.255 e. The van der Waals surface area contributed by atoms with Gasteiger partial charge in [0.25, 0.3) is 5.91 Å². The predicted molar refractivity (Wildman–Crippen MR) is 130 cm³/mol. The van der Waals surface area contributed by atoms with Crippen LogP contribution < -0.4 is 5.73 Å². The average Bonchev–Trinajstić information content (AvgIpc) is 2.82. The second-order valence-electron chi connectivity index (χ2n) is 9.93. The summed E-state index contributed by atoms with van der Waals surface area (Å²) in [4.78, 5) is 40.4. The minimum Gasteiger partial charge on any atom is -0.508 e. The summed E-state index contributed by atoms with van der Waals surface area (Å²) >= 11 is 0. The molecule has 2 aromatic carbocycles. The number of phenols is 1. The number of primary amides is 1. The van der Waals surface area contributed by atoms with E-state index in [0.29, 0.717) is 11.1 Å². The van der Waals surface area contributed by atoms with Gasteiger partial charge in [0.15, 0.2) is 11.4 Å². The van der Waals surface area contributed by atoms with Crippen molar-refractivity contribution < 1.29 is 39.2 Å². The second kappa shape index (κ2) is 8.25. The number of halogens is 1. The number of nitrogens with two attached hydrogens (primary N) is 1. The summed E-state index contributed by atoms with van der Waals surface area (Å²) in [6, 6.07) is 7.63. The van der Waals surface area contributed by atoms with Crippen molar-refractivity contribution in [1.29, 1.82) is 0 Å². The van der Waals surface area contributed by atoms with Gasteiger partial charge < -0.3 is 26.2 Å². The first-order chi connectivity index (χ1) is 17.4. The molecule has 0 aliphatic heterocycles. The lowest BCUT2D eigenvalue weighted by Crippen LogP contribution is -2.65. The molecule has 192 valence electrons. The van der Waals surface area contributed by atoms with Crippen molar-refractivity contribution >= 4 is 23.2 Å². The maximum absolute atomic E-state index is 14.7. The molecule has 1 amide bonds. The van der Waals surface area contributed by atoms with Gasteiger partial charge in [0.1, 0.15) is 28.7 Å². The zero-order valence-corrected chi connectivity index (χ0v) is 20.0. The fourth-order valence-electron chi connectivity index (χ4n) is 6.18. The van der Waals surface area contributed by atoms with Crippen molar-refractivity contribution in [1.82, 2.24) is 4.90 Å². The molecule has 5 rings (SSSR count). The molecule has 0 heterocycles. The van der Waals surface area contributed by atoms with Gasteiger partial charge in [-0.05, 0) is 56.1 Å². The average molecular weight is 509 g/mol. The Hall–Kier alpha value is -4.02. The van der Waals surface area contributed by atoms with Gasteiger partial charge in [-0.1, -0.05) is 24.3 Å². The van der Waals surface area contributed by atoms with Crippen LogP contribution in [0.5, 0.6) is 5.75 Å². The molecule has 0 aromatic heterocycles. The quantitative estimate of drug-likeness (QED) is 0.392. The van der Waals surface area contributed by atoms with E-state index in [2.05, 4.69) is 0 Å². The highest BCUT2D eigenvalue weighted by atomic mass is 19.1. The molecule has 37 heavy (non-hydrogen) atoms. The van der Waals surface area contributed by atoms with Gasteiger partial charge in [0.2, 0.25) is 5.78 Å². The zero-order chi connectivity index (χ0) is 27.0. The van der Waals surface area contributed by atoms with Crippen LogP contribution in [0.25, 0.3) is 16.9 Å². The van der Waals surface area contributed by atoms with Gasteiger partial charge in [-0.25, -0.2) is 4.39 Å². The zero-order valence-electron chi connectivity index (χ0n) is 20.0. The third-order valence-electron chi connectivity index (χ3n) is 7.77. The molecule has 10 heteroatoms. The molecule has 0 unspecified atom stereocenters. The second-order valence-corrected chi connectivity index (χ2v) is 9.93. The number of fused-ring (bicyclic) bond motifs is 3. The summed E-state index contributed by atoms with van der Waals surface area (Å²) < 4.78 is 14.7. The molecule has 0 spiro atoms. The number of phenolic OH excluding ortho intramolecular Hbond substituents is 1. The number of rotatable bonds is 3. The fraction of sp³-hybridized carbons (Fsp3) is 0.296. The molecule has 1 fully saturated rings. The van der Waals surface area contributed by atoms with E-state index in [1.165, 1.54) is 43.3 Å². The Kier molecular flexibility index (Phi) is 5.50. The van der Waals surface area contributed by atoms with Crippen LogP contribution in [0.3, 0.4) is 0 Å². The summed E-state index contributed by atoms with van der Waals surface area (Å²) in [7, 11) is 3.06. The first-order valence-corrected chi connectivity index (χ1v) is 11.7. The van der Waals surface area contributed by atoms with Gasteiger partial charge >= 0.3 is 0 Å². The lowest BCUT2D eigenvalue weighted by Gasteiger charge is -2.50. The molecule has 1 saturated carbocycles. The highest BCUT2D eigenvalue weighted by Crippen LogP contribution is 2.53. The van der Waals surface area contributed by atoms with Gasteiger partial charge in [-0.15, -0.1) is 0 Å². The van der Waals surface area contributed by atoms with E-state index in [1.807, 2.05) is 0 Å². The van der Waals surface area contributed by atoms with E-state index >= 15 is 0 Å². The first-order valence-electron chi connectivity index (χ1n) is 11.7. The number of hydrogen-bond acceptors (Lipinski definition) is 8. The van der Waals surface area contributed by atoms with Crippen LogP contribution in [0.15, 0.2) is 53.3 Å². The number of Topliss-reactive ketones (excluding diaryl/α,β-unsaturated/α-hetero) is 2. The number of carbonyl (C=O) groups is 3. The summed E-state index contributed by atoms with van der Waals surface area (Å²) in [5.74, 6) is -7.77. The molecule has 0 bridgehead atoms. The van der Waals surface area contributed by atoms with E-state index in [-0.39, 0.29) is 35.3 Å². The molecular formula is C27H25FN2O7. The first kappa shape index (κ1) is 24.7. The summed E-state index contributed by atoms with van der Waals surface area (Å²) in [5.41, 5.74) is 2.45. The third-order valence-corrected chi connectivity index (χ3v) is 7.77. The molecule has 9 nitrogen and oxygen atoms in total. The Balaban J connectivity index is 1.76. The van der Waals surface area contributed by atoms with Crippen molar-refractivity contribution in [2.45, 2.75) is 24.5 Å². The lowest BCUT2D eigenvalue weighted by atomic mass is 9.57. The summed E-state index contributed by atoms with van der Waals surface area (Å²) in [6.07, 6.45) is 0.0325. The normalized spacial score (nSPS) is 27.2. The SMILES string of the molecule is CN(C)[C@@H]1C(=O)C(C(N)=O)=C(O)[C@@]2(O)C(=O)C3=C(O)c4c(O)ccc(-c5ccccc5F)c4C[C@H]3C[C@@H]12. The largest absolute Gasteiger partial charge is 0.508 e. The highest BCUT2D eigenvalue weighted by molar-refractivity contribution is 6.24. The highest BCUT2D eigenvalue weighted by Gasteiger charge is 2.64. The molecule has 2 aromatic rings. The minimum atomic E-state index is -2.71. The predicted octanol–water partition coefficient (Wildman–Crippen LogP) is 1.77. The topological polar surface area (TPSA) is 161 Å². The summed E-state index contributed by atoms with van der Waals surface area (Å²) in [5, 5.41) is 44.4. The number of amides is 1. The van der Waals surface area contributed by atoms with E-state index in [1.54, 1.807) is 12.1 Å². The third kappa shape index (κ3) is 3.25. The van der Waals surface area contributed by atoms with Crippen molar-refractivity contribution in [2.24, 2.45) is 17.6 Å². The van der Waals surface area contributed by atoms with Crippen LogP contribution >= 0.6 is 0 Å². The number of aromatic hydroxyl groups is 1. The van der Waals surface area contributed by atoms with Gasteiger partial charge in [-0.2, -0.15) is 0 Å². The van der Waals surface area contributed by atoms with Crippen LogP contribution in [0.2, 0.25) is 0 Å². The van der Waals surface area contributed by atoms with Crippen LogP contribution in [0.4, 0.5) is 4.39 Å². The number of aliphatic hydroxyl groups excluding tert-OH is 2. The number of likely N-dealkylation sites (N-methyl/N-ethyl adjacent to an activating group) is 1.